The van der Waals surface area contributed by atoms with Gasteiger partial charge in [0.2, 0.25) is 0 Å². The number of nitrogens with zero attached hydrogens (tertiary/aromatic N) is 1. The number of thioether (sulfide) groups is 1. The Labute approximate surface area is 106 Å². The molecule has 0 heterocycles. The van der Waals surface area contributed by atoms with Crippen molar-refractivity contribution < 1.29 is 0 Å². The van der Waals surface area contributed by atoms with E-state index in [-0.39, 0.29) is 5.41 Å². The average molecular weight is 246 g/mol. The first kappa shape index (κ1) is 16.3. The van der Waals surface area contributed by atoms with Crippen LogP contribution in [0.25, 0.3) is 0 Å². The maximum absolute atomic E-state index is 6.17. The second-order valence-electron chi connectivity index (χ2n) is 5.87. The monoisotopic (exact) mass is 246 g/mol. The van der Waals surface area contributed by atoms with Crippen molar-refractivity contribution in [1.29, 1.82) is 0 Å². The summed E-state index contributed by atoms with van der Waals surface area (Å²) >= 11 is 1.92. The molecule has 0 aliphatic rings. The van der Waals surface area contributed by atoms with Crippen molar-refractivity contribution in [1.82, 2.24) is 4.90 Å². The van der Waals surface area contributed by atoms with Crippen LogP contribution in [0.5, 0.6) is 0 Å². The normalized spacial score (nSPS) is 16.5. The van der Waals surface area contributed by atoms with Crippen LogP contribution in [0.2, 0.25) is 0 Å². The summed E-state index contributed by atoms with van der Waals surface area (Å²) in [5.74, 6) is 1.25. The Morgan fingerprint density at radius 2 is 1.81 bits per heavy atom. The molecule has 0 fully saturated rings. The first-order valence-electron chi connectivity index (χ1n) is 6.23. The Morgan fingerprint density at radius 3 is 2.25 bits per heavy atom. The predicted molar refractivity (Wildman–Crippen MR) is 77.1 cm³/mol. The van der Waals surface area contributed by atoms with Crippen LogP contribution < -0.4 is 5.73 Å². The van der Waals surface area contributed by atoms with Gasteiger partial charge in [-0.2, -0.15) is 11.8 Å². The minimum absolute atomic E-state index is 0.226. The SMILES string of the molecule is CSCCC(C)N(C)CCC(N)C(C)(C)C. The molecule has 0 spiro atoms. The van der Waals surface area contributed by atoms with E-state index in [4.69, 9.17) is 5.73 Å². The third-order valence-electron chi connectivity index (χ3n) is 3.40. The topological polar surface area (TPSA) is 29.3 Å². The fourth-order valence-corrected chi connectivity index (χ4v) is 2.08. The van der Waals surface area contributed by atoms with Crippen molar-refractivity contribution in [3.63, 3.8) is 0 Å². The average Bonchev–Trinajstić information content (AvgIpc) is 2.20. The van der Waals surface area contributed by atoms with Gasteiger partial charge >= 0.3 is 0 Å². The van der Waals surface area contributed by atoms with E-state index >= 15 is 0 Å². The lowest BCUT2D eigenvalue weighted by atomic mass is 9.85. The molecular formula is C13H30N2S. The minimum atomic E-state index is 0.226. The largest absolute Gasteiger partial charge is 0.327 e. The van der Waals surface area contributed by atoms with E-state index in [9.17, 15) is 0 Å². The molecule has 0 saturated carbocycles. The molecule has 0 radical (unpaired) electrons. The van der Waals surface area contributed by atoms with Gasteiger partial charge in [0.15, 0.2) is 0 Å². The van der Waals surface area contributed by atoms with Gasteiger partial charge in [0.05, 0.1) is 0 Å². The van der Waals surface area contributed by atoms with E-state index in [1.807, 2.05) is 11.8 Å². The highest BCUT2D eigenvalue weighted by Gasteiger charge is 2.21. The third kappa shape index (κ3) is 6.77. The van der Waals surface area contributed by atoms with Gasteiger partial charge in [0.25, 0.3) is 0 Å². The molecule has 0 aliphatic carbocycles. The molecule has 2 N–H and O–H groups in total. The zero-order chi connectivity index (χ0) is 12.8. The minimum Gasteiger partial charge on any atom is -0.327 e. The van der Waals surface area contributed by atoms with Crippen molar-refractivity contribution in [3.8, 4) is 0 Å². The van der Waals surface area contributed by atoms with E-state index in [2.05, 4.69) is 45.9 Å². The molecule has 98 valence electrons. The molecule has 0 aromatic heterocycles. The fraction of sp³-hybridized carbons (Fsp3) is 1.00. The smallest absolute Gasteiger partial charge is 0.00998 e. The Balaban J connectivity index is 3.83. The Morgan fingerprint density at radius 1 is 1.25 bits per heavy atom. The molecule has 0 aromatic rings. The second kappa shape index (κ2) is 7.57. The summed E-state index contributed by atoms with van der Waals surface area (Å²) in [6.07, 6.45) is 4.52. The fourth-order valence-electron chi connectivity index (χ4n) is 1.50. The number of hydrogen-bond acceptors (Lipinski definition) is 3. The van der Waals surface area contributed by atoms with Crippen molar-refractivity contribution in [2.24, 2.45) is 11.1 Å². The van der Waals surface area contributed by atoms with E-state index < -0.39 is 0 Å². The summed E-state index contributed by atoms with van der Waals surface area (Å²) in [6.45, 7) is 10.1. The Hall–Kier alpha value is 0.270. The maximum Gasteiger partial charge on any atom is 0.00998 e. The van der Waals surface area contributed by atoms with Gasteiger partial charge in [-0.25, -0.2) is 0 Å². The van der Waals surface area contributed by atoms with Gasteiger partial charge in [0, 0.05) is 12.1 Å². The lowest BCUT2D eigenvalue weighted by molar-refractivity contribution is 0.215. The molecule has 16 heavy (non-hydrogen) atoms. The van der Waals surface area contributed by atoms with Crippen LogP contribution >= 0.6 is 11.8 Å². The summed E-state index contributed by atoms with van der Waals surface area (Å²) in [5.41, 5.74) is 6.39. The van der Waals surface area contributed by atoms with E-state index in [1.165, 1.54) is 12.2 Å². The van der Waals surface area contributed by atoms with E-state index in [0.29, 0.717) is 12.1 Å². The Bertz CT molecular complexity index is 177. The molecule has 0 saturated heterocycles. The lowest BCUT2D eigenvalue weighted by Gasteiger charge is -2.31. The molecule has 2 nitrogen and oxygen atoms in total. The standard InChI is InChI=1S/C13H30N2S/c1-11(8-10-16-6)15(5)9-7-12(14)13(2,3)4/h11-12H,7-10,14H2,1-6H3. The molecule has 0 aliphatic heterocycles. The molecule has 3 heteroatoms. The van der Waals surface area contributed by atoms with Crippen molar-refractivity contribution in [3.05, 3.63) is 0 Å². The van der Waals surface area contributed by atoms with Crippen LogP contribution in [-0.4, -0.2) is 42.6 Å². The summed E-state index contributed by atoms with van der Waals surface area (Å²) in [7, 11) is 2.21. The quantitative estimate of drug-likeness (QED) is 0.749. The van der Waals surface area contributed by atoms with Crippen molar-refractivity contribution >= 4 is 11.8 Å². The highest BCUT2D eigenvalue weighted by Crippen LogP contribution is 2.20. The van der Waals surface area contributed by atoms with E-state index in [0.717, 1.165) is 13.0 Å². The zero-order valence-electron chi connectivity index (χ0n) is 11.9. The summed E-state index contributed by atoms with van der Waals surface area (Å²) in [4.78, 5) is 2.43. The summed E-state index contributed by atoms with van der Waals surface area (Å²) in [6, 6.07) is 0.960. The van der Waals surface area contributed by atoms with Gasteiger partial charge in [0.1, 0.15) is 0 Å². The van der Waals surface area contributed by atoms with Gasteiger partial charge in [-0.05, 0) is 50.8 Å². The third-order valence-corrected chi connectivity index (χ3v) is 4.04. The molecule has 0 aromatic carbocycles. The maximum atomic E-state index is 6.17. The molecular weight excluding hydrogens is 216 g/mol. The van der Waals surface area contributed by atoms with Gasteiger partial charge in [-0.3, -0.25) is 0 Å². The number of nitrogens with two attached hydrogens (primary N) is 1. The zero-order valence-corrected chi connectivity index (χ0v) is 12.7. The van der Waals surface area contributed by atoms with Crippen LogP contribution in [0.3, 0.4) is 0 Å². The summed E-state index contributed by atoms with van der Waals surface area (Å²) in [5, 5.41) is 0. The number of hydrogen-bond donors (Lipinski definition) is 1. The molecule has 2 unspecified atom stereocenters. The van der Waals surface area contributed by atoms with Crippen LogP contribution in [0.4, 0.5) is 0 Å². The van der Waals surface area contributed by atoms with Crippen LogP contribution in [0, 0.1) is 5.41 Å². The van der Waals surface area contributed by atoms with Crippen molar-refractivity contribution in [2.45, 2.75) is 52.6 Å². The first-order chi connectivity index (χ1) is 7.29. The second-order valence-corrected chi connectivity index (χ2v) is 6.86. The molecule has 0 bridgehead atoms. The van der Waals surface area contributed by atoms with Gasteiger partial charge < -0.3 is 10.6 Å². The Kier molecular flexibility index (Phi) is 7.70. The van der Waals surface area contributed by atoms with Gasteiger partial charge in [-0.1, -0.05) is 20.8 Å². The lowest BCUT2D eigenvalue weighted by Crippen LogP contribution is -2.40. The molecule has 0 rings (SSSR count). The van der Waals surface area contributed by atoms with Crippen LogP contribution in [-0.2, 0) is 0 Å². The summed E-state index contributed by atoms with van der Waals surface area (Å²) < 4.78 is 0. The van der Waals surface area contributed by atoms with Crippen LogP contribution in [0.15, 0.2) is 0 Å². The highest BCUT2D eigenvalue weighted by atomic mass is 32.2. The predicted octanol–water partition coefficient (Wildman–Crippen LogP) is 2.82. The van der Waals surface area contributed by atoms with E-state index in [1.54, 1.807) is 0 Å². The van der Waals surface area contributed by atoms with Crippen molar-refractivity contribution in [2.75, 3.05) is 25.6 Å². The molecule has 2 atom stereocenters. The number of rotatable bonds is 7. The van der Waals surface area contributed by atoms with Crippen LogP contribution in [0.1, 0.15) is 40.5 Å². The highest BCUT2D eigenvalue weighted by molar-refractivity contribution is 7.98. The van der Waals surface area contributed by atoms with Gasteiger partial charge in [-0.15, -0.1) is 0 Å². The molecule has 0 amide bonds. The first-order valence-corrected chi connectivity index (χ1v) is 7.63.